The van der Waals surface area contributed by atoms with Crippen molar-refractivity contribution in [2.24, 2.45) is 0 Å². The third kappa shape index (κ3) is 6.74. The lowest BCUT2D eigenvalue weighted by Crippen LogP contribution is -2.49. The Morgan fingerprint density at radius 2 is 1.61 bits per heavy atom. The molecule has 4 rings (SSSR count). The summed E-state index contributed by atoms with van der Waals surface area (Å²) in [5.41, 5.74) is 1.76. The molecule has 1 heterocycles. The summed E-state index contributed by atoms with van der Waals surface area (Å²) in [6.45, 7) is 5.37. The van der Waals surface area contributed by atoms with Crippen molar-refractivity contribution in [2.75, 3.05) is 21.3 Å². The van der Waals surface area contributed by atoms with E-state index in [0.29, 0.717) is 39.4 Å². The van der Waals surface area contributed by atoms with E-state index in [1.807, 2.05) is 39.0 Å². The summed E-state index contributed by atoms with van der Waals surface area (Å²) in [6.07, 6.45) is 0. The third-order valence-corrected chi connectivity index (χ3v) is 6.35. The summed E-state index contributed by atoms with van der Waals surface area (Å²) in [6, 6.07) is 15.2. The number of hydrogen-bond donors (Lipinski definition) is 1. The summed E-state index contributed by atoms with van der Waals surface area (Å²) in [5, 5.41) is 11.3. The SMILES string of the molecule is COc1cc([C@H](C(=O)NC(C)(C)C)N(Cc2ccc(F)cc2)C(=O)Cn2nnc3ccccc32)cc(OC)c1OC. The Bertz CT molecular complexity index is 1510. The van der Waals surface area contributed by atoms with Gasteiger partial charge in [-0.15, -0.1) is 5.10 Å². The van der Waals surface area contributed by atoms with E-state index in [1.54, 1.807) is 30.3 Å². The Hall–Kier alpha value is -4.67. The Balaban J connectivity index is 1.86. The normalized spacial score (nSPS) is 12.1. The van der Waals surface area contributed by atoms with Crippen LogP contribution < -0.4 is 19.5 Å². The number of carbonyl (C=O) groups excluding carboxylic acids is 2. The molecule has 0 radical (unpaired) electrons. The zero-order valence-electron chi connectivity index (χ0n) is 24.0. The first-order valence-corrected chi connectivity index (χ1v) is 13.0. The van der Waals surface area contributed by atoms with E-state index in [0.717, 1.165) is 0 Å². The standard InChI is InChI=1S/C30H34FN5O5/c1-30(2,3)32-29(38)27(20-15-24(39-4)28(41-6)25(16-20)40-5)35(17-19-11-13-21(31)14-12-19)26(37)18-36-23-10-8-7-9-22(23)33-34-36/h7-16,27H,17-18H2,1-6H3,(H,32,38)/t27-/m1/s1. The number of rotatable bonds is 10. The van der Waals surface area contributed by atoms with Gasteiger partial charge in [-0.25, -0.2) is 9.07 Å². The molecule has 4 aromatic rings. The van der Waals surface area contributed by atoms with Gasteiger partial charge in [-0.3, -0.25) is 9.59 Å². The van der Waals surface area contributed by atoms with E-state index in [1.165, 1.54) is 43.0 Å². The molecule has 1 aromatic heterocycles. The van der Waals surface area contributed by atoms with Crippen LogP contribution in [0.2, 0.25) is 0 Å². The first kappa shape index (κ1) is 29.3. The maximum atomic E-state index is 14.1. The van der Waals surface area contributed by atoms with Crippen molar-refractivity contribution in [2.45, 2.75) is 45.4 Å². The maximum absolute atomic E-state index is 14.1. The number of para-hydroxylation sites is 1. The second-order valence-electron chi connectivity index (χ2n) is 10.5. The first-order valence-electron chi connectivity index (χ1n) is 13.0. The molecule has 0 aliphatic carbocycles. The Labute approximate surface area is 238 Å². The molecule has 0 unspecified atom stereocenters. The van der Waals surface area contributed by atoms with Crippen LogP contribution in [0.25, 0.3) is 11.0 Å². The molecule has 0 spiro atoms. The summed E-state index contributed by atoms with van der Waals surface area (Å²) in [7, 11) is 4.43. The van der Waals surface area contributed by atoms with Gasteiger partial charge in [-0.2, -0.15) is 0 Å². The first-order chi connectivity index (χ1) is 19.5. The number of benzene rings is 3. The van der Waals surface area contributed by atoms with Crippen molar-refractivity contribution in [3.8, 4) is 17.2 Å². The molecule has 0 aliphatic rings. The summed E-state index contributed by atoms with van der Waals surface area (Å²) < 4.78 is 31.8. The fourth-order valence-electron chi connectivity index (χ4n) is 4.53. The lowest BCUT2D eigenvalue weighted by atomic mass is 9.99. The van der Waals surface area contributed by atoms with Crippen LogP contribution in [0.3, 0.4) is 0 Å². The highest BCUT2D eigenvalue weighted by atomic mass is 19.1. The van der Waals surface area contributed by atoms with Crippen molar-refractivity contribution in [3.63, 3.8) is 0 Å². The molecule has 0 saturated carbocycles. The molecule has 0 fully saturated rings. The molecule has 0 bridgehead atoms. The number of carbonyl (C=O) groups is 2. The van der Waals surface area contributed by atoms with Gasteiger partial charge in [0.05, 0.1) is 26.8 Å². The Kier molecular flexibility index (Phi) is 8.75. The van der Waals surface area contributed by atoms with E-state index in [4.69, 9.17) is 14.2 Å². The van der Waals surface area contributed by atoms with E-state index in [9.17, 15) is 14.0 Å². The van der Waals surface area contributed by atoms with Gasteiger partial charge in [0.1, 0.15) is 23.9 Å². The topological polar surface area (TPSA) is 108 Å². The number of nitrogens with one attached hydrogen (secondary N) is 1. The van der Waals surface area contributed by atoms with Crippen molar-refractivity contribution < 1.29 is 28.2 Å². The molecule has 2 amide bonds. The van der Waals surface area contributed by atoms with Crippen molar-refractivity contribution in [1.29, 1.82) is 0 Å². The van der Waals surface area contributed by atoms with Gasteiger partial charge in [0.15, 0.2) is 11.5 Å². The molecule has 3 aromatic carbocycles. The second kappa shape index (κ2) is 12.2. The highest BCUT2D eigenvalue weighted by Crippen LogP contribution is 2.41. The minimum atomic E-state index is -1.13. The number of fused-ring (bicyclic) bond motifs is 1. The zero-order chi connectivity index (χ0) is 29.7. The van der Waals surface area contributed by atoms with Crippen molar-refractivity contribution in [1.82, 2.24) is 25.2 Å². The van der Waals surface area contributed by atoms with Crippen LogP contribution in [-0.2, 0) is 22.7 Å². The molecule has 11 heteroatoms. The molecule has 0 aliphatic heterocycles. The monoisotopic (exact) mass is 563 g/mol. The van der Waals surface area contributed by atoms with Crippen LogP contribution >= 0.6 is 0 Å². The van der Waals surface area contributed by atoms with Crippen LogP contribution in [0, 0.1) is 5.82 Å². The molecule has 10 nitrogen and oxygen atoms in total. The van der Waals surface area contributed by atoms with E-state index >= 15 is 0 Å². The molecule has 0 saturated heterocycles. The lowest BCUT2D eigenvalue weighted by molar-refractivity contribution is -0.142. The van der Waals surface area contributed by atoms with Crippen LogP contribution in [0.15, 0.2) is 60.7 Å². The number of amides is 2. The molecular formula is C30H34FN5O5. The third-order valence-electron chi connectivity index (χ3n) is 6.35. The van der Waals surface area contributed by atoms with E-state index in [2.05, 4.69) is 15.6 Å². The van der Waals surface area contributed by atoms with Gasteiger partial charge in [-0.1, -0.05) is 29.5 Å². The van der Waals surface area contributed by atoms with E-state index < -0.39 is 29.2 Å². The average molecular weight is 564 g/mol. The minimum Gasteiger partial charge on any atom is -0.493 e. The van der Waals surface area contributed by atoms with Gasteiger partial charge in [0.25, 0.3) is 0 Å². The Morgan fingerprint density at radius 1 is 0.976 bits per heavy atom. The second-order valence-corrected chi connectivity index (χ2v) is 10.5. The van der Waals surface area contributed by atoms with Gasteiger partial charge >= 0.3 is 0 Å². The van der Waals surface area contributed by atoms with E-state index in [-0.39, 0.29) is 13.1 Å². The van der Waals surface area contributed by atoms with Gasteiger partial charge in [0.2, 0.25) is 17.6 Å². The number of aromatic nitrogens is 3. The van der Waals surface area contributed by atoms with Crippen molar-refractivity contribution >= 4 is 22.8 Å². The predicted octanol–water partition coefficient (Wildman–Crippen LogP) is 4.28. The number of hydrogen-bond acceptors (Lipinski definition) is 7. The van der Waals surface area contributed by atoms with Gasteiger partial charge in [-0.05, 0) is 68.3 Å². The Morgan fingerprint density at radius 3 is 2.20 bits per heavy atom. The smallest absolute Gasteiger partial charge is 0.247 e. The fraction of sp³-hybridized carbons (Fsp3) is 0.333. The quantitative estimate of drug-likeness (QED) is 0.307. The molecule has 1 N–H and O–H groups in total. The average Bonchev–Trinajstić information content (AvgIpc) is 3.34. The van der Waals surface area contributed by atoms with Crippen LogP contribution in [-0.4, -0.2) is 58.6 Å². The van der Waals surface area contributed by atoms with Gasteiger partial charge < -0.3 is 24.4 Å². The van der Waals surface area contributed by atoms with Crippen molar-refractivity contribution in [3.05, 3.63) is 77.6 Å². The summed E-state index contributed by atoms with van der Waals surface area (Å²) >= 11 is 0. The molecule has 216 valence electrons. The maximum Gasteiger partial charge on any atom is 0.247 e. The highest BCUT2D eigenvalue weighted by molar-refractivity contribution is 5.90. The van der Waals surface area contributed by atoms with Crippen LogP contribution in [0.5, 0.6) is 17.2 Å². The number of nitrogens with zero attached hydrogens (tertiary/aromatic N) is 4. The van der Waals surface area contributed by atoms with Crippen LogP contribution in [0.1, 0.15) is 37.9 Å². The highest BCUT2D eigenvalue weighted by Gasteiger charge is 2.35. The van der Waals surface area contributed by atoms with Crippen LogP contribution in [0.4, 0.5) is 4.39 Å². The molecule has 41 heavy (non-hydrogen) atoms. The summed E-state index contributed by atoms with van der Waals surface area (Å²) in [4.78, 5) is 29.6. The molecular weight excluding hydrogens is 529 g/mol. The largest absolute Gasteiger partial charge is 0.493 e. The summed E-state index contributed by atoms with van der Waals surface area (Å²) in [5.74, 6) is -0.246. The fourth-order valence-corrected chi connectivity index (χ4v) is 4.53. The van der Waals surface area contributed by atoms with Gasteiger partial charge in [0, 0.05) is 12.1 Å². The predicted molar refractivity (Wildman–Crippen MR) is 151 cm³/mol. The number of ether oxygens (including phenoxy) is 3. The minimum absolute atomic E-state index is 0.00460. The zero-order valence-corrected chi connectivity index (χ0v) is 24.0. The lowest BCUT2D eigenvalue weighted by Gasteiger charge is -2.34. The number of methoxy groups -OCH3 is 3. The number of halogens is 1. The molecule has 1 atom stereocenters.